The Hall–Kier alpha value is -3.84. The Bertz CT molecular complexity index is 1630. The third kappa shape index (κ3) is 5.78. The van der Waals surface area contributed by atoms with Gasteiger partial charge in [-0.25, -0.2) is 17.9 Å². The standard InChI is InChI=1S/C26H21F6N3O3S/c1-14(2)35-13-16(12-34-35)18-9-10-19(15-5-3-6-17(27)11-15)24(38-25(28)29)22(18)23-20(26(30,31)32)7-4-8-21(23)39(33,36)37/h3-14,25H,1-2H3,(H2,33,36,37). The molecule has 3 aromatic carbocycles. The zero-order chi connectivity index (χ0) is 28.7. The summed E-state index contributed by atoms with van der Waals surface area (Å²) in [5, 5.41) is 9.47. The molecule has 1 aromatic heterocycles. The predicted molar refractivity (Wildman–Crippen MR) is 132 cm³/mol. The molecule has 0 amide bonds. The van der Waals surface area contributed by atoms with E-state index in [0.717, 1.165) is 24.3 Å². The van der Waals surface area contributed by atoms with Gasteiger partial charge in [0.15, 0.2) is 0 Å². The first-order chi connectivity index (χ1) is 18.2. The van der Waals surface area contributed by atoms with E-state index in [1.807, 2.05) is 0 Å². The van der Waals surface area contributed by atoms with Crippen molar-refractivity contribution in [3.8, 4) is 39.1 Å². The van der Waals surface area contributed by atoms with Crippen LogP contribution in [-0.4, -0.2) is 24.8 Å². The maximum atomic E-state index is 14.3. The van der Waals surface area contributed by atoms with Crippen LogP contribution in [0, 0.1) is 5.82 Å². The average Bonchev–Trinajstić information content (AvgIpc) is 3.32. The molecule has 6 nitrogen and oxygen atoms in total. The van der Waals surface area contributed by atoms with Gasteiger partial charge in [0.05, 0.1) is 16.7 Å². The van der Waals surface area contributed by atoms with E-state index < -0.39 is 56.0 Å². The van der Waals surface area contributed by atoms with Crippen LogP contribution in [0.5, 0.6) is 5.75 Å². The summed E-state index contributed by atoms with van der Waals surface area (Å²) in [5.41, 5.74) is -3.20. The van der Waals surface area contributed by atoms with Gasteiger partial charge >= 0.3 is 12.8 Å². The molecule has 206 valence electrons. The number of ether oxygens (including phenoxy) is 1. The van der Waals surface area contributed by atoms with Crippen molar-refractivity contribution < 1.29 is 39.5 Å². The first-order valence-corrected chi connectivity index (χ1v) is 12.9. The van der Waals surface area contributed by atoms with Gasteiger partial charge in [0.1, 0.15) is 11.6 Å². The third-order valence-electron chi connectivity index (χ3n) is 5.83. The second-order valence-electron chi connectivity index (χ2n) is 8.78. The number of hydrogen-bond acceptors (Lipinski definition) is 4. The highest BCUT2D eigenvalue weighted by atomic mass is 32.2. The van der Waals surface area contributed by atoms with Crippen LogP contribution in [-0.2, 0) is 16.2 Å². The minimum atomic E-state index is -5.13. The summed E-state index contributed by atoms with van der Waals surface area (Å²) in [5.74, 6) is -1.55. The molecule has 0 atom stereocenters. The van der Waals surface area contributed by atoms with E-state index in [2.05, 4.69) is 5.10 Å². The van der Waals surface area contributed by atoms with Crippen molar-refractivity contribution in [1.29, 1.82) is 0 Å². The SMILES string of the molecule is CC(C)n1cc(-c2ccc(-c3cccc(F)c3)c(OC(F)F)c2-c2c(C(F)(F)F)cccc2S(N)(=O)=O)cn1. The van der Waals surface area contributed by atoms with E-state index >= 15 is 0 Å². The number of aromatic nitrogens is 2. The van der Waals surface area contributed by atoms with Crippen LogP contribution >= 0.6 is 0 Å². The van der Waals surface area contributed by atoms with Crippen LogP contribution in [0.25, 0.3) is 33.4 Å². The molecule has 0 aliphatic rings. The summed E-state index contributed by atoms with van der Waals surface area (Å²) in [7, 11) is -4.82. The topological polar surface area (TPSA) is 87.2 Å². The van der Waals surface area contributed by atoms with Gasteiger partial charge in [-0.05, 0) is 55.3 Å². The van der Waals surface area contributed by atoms with Gasteiger partial charge in [-0.3, -0.25) is 4.68 Å². The molecule has 0 bridgehead atoms. The fourth-order valence-corrected chi connectivity index (χ4v) is 4.95. The number of hydrogen-bond donors (Lipinski definition) is 1. The Kier molecular flexibility index (Phi) is 7.50. The predicted octanol–water partition coefficient (Wildman–Crippen LogP) is 6.87. The molecule has 39 heavy (non-hydrogen) atoms. The lowest BCUT2D eigenvalue weighted by molar-refractivity contribution is -0.137. The summed E-state index contributed by atoms with van der Waals surface area (Å²) < 4.78 is 116. The number of alkyl halides is 5. The number of primary sulfonamides is 1. The van der Waals surface area contributed by atoms with Crippen LogP contribution in [0.2, 0.25) is 0 Å². The second-order valence-corrected chi connectivity index (χ2v) is 10.3. The Morgan fingerprint density at radius 1 is 0.949 bits per heavy atom. The van der Waals surface area contributed by atoms with Gasteiger partial charge in [-0.15, -0.1) is 0 Å². The maximum absolute atomic E-state index is 14.3. The van der Waals surface area contributed by atoms with Crippen molar-refractivity contribution in [2.24, 2.45) is 5.14 Å². The van der Waals surface area contributed by atoms with Gasteiger partial charge in [-0.1, -0.05) is 24.3 Å². The van der Waals surface area contributed by atoms with Crippen molar-refractivity contribution in [2.45, 2.75) is 37.6 Å². The first-order valence-electron chi connectivity index (χ1n) is 11.3. The highest BCUT2D eigenvalue weighted by Crippen LogP contribution is 2.51. The molecular weight excluding hydrogens is 548 g/mol. The van der Waals surface area contributed by atoms with E-state index in [0.29, 0.717) is 6.07 Å². The van der Waals surface area contributed by atoms with Crippen molar-refractivity contribution in [2.75, 3.05) is 0 Å². The van der Waals surface area contributed by atoms with Crippen LogP contribution < -0.4 is 9.88 Å². The molecule has 1 heterocycles. The molecule has 13 heteroatoms. The van der Waals surface area contributed by atoms with E-state index in [1.54, 1.807) is 13.8 Å². The highest BCUT2D eigenvalue weighted by Gasteiger charge is 2.39. The quantitative estimate of drug-likeness (QED) is 0.246. The van der Waals surface area contributed by atoms with Crippen molar-refractivity contribution in [3.05, 3.63) is 78.4 Å². The van der Waals surface area contributed by atoms with Crippen LogP contribution in [0.1, 0.15) is 25.5 Å². The molecular formula is C26H21F6N3O3S. The fourth-order valence-electron chi connectivity index (χ4n) is 4.19. The van der Waals surface area contributed by atoms with Gasteiger partial charge in [0.2, 0.25) is 10.0 Å². The summed E-state index contributed by atoms with van der Waals surface area (Å²) in [6.45, 7) is 0.0306. The average molecular weight is 570 g/mol. The third-order valence-corrected chi connectivity index (χ3v) is 6.78. The van der Waals surface area contributed by atoms with Gasteiger partial charge < -0.3 is 4.74 Å². The smallest absolute Gasteiger partial charge is 0.417 e. The molecule has 0 saturated carbocycles. The van der Waals surface area contributed by atoms with Crippen molar-refractivity contribution in [1.82, 2.24) is 9.78 Å². The van der Waals surface area contributed by atoms with Gasteiger partial charge in [0, 0.05) is 34.5 Å². The molecule has 0 fully saturated rings. The second kappa shape index (κ2) is 10.4. The van der Waals surface area contributed by atoms with Crippen LogP contribution in [0.15, 0.2) is 71.9 Å². The first kappa shape index (κ1) is 28.2. The zero-order valence-corrected chi connectivity index (χ0v) is 21.2. The van der Waals surface area contributed by atoms with Crippen molar-refractivity contribution >= 4 is 10.0 Å². The summed E-state index contributed by atoms with van der Waals surface area (Å²) in [4.78, 5) is -0.967. The van der Waals surface area contributed by atoms with Gasteiger partial charge in [-0.2, -0.15) is 27.1 Å². The van der Waals surface area contributed by atoms with Gasteiger partial charge in [0.25, 0.3) is 0 Å². The van der Waals surface area contributed by atoms with E-state index in [4.69, 9.17) is 9.88 Å². The largest absolute Gasteiger partial charge is 0.433 e. The summed E-state index contributed by atoms with van der Waals surface area (Å²) in [6.07, 6.45) is -2.38. The van der Waals surface area contributed by atoms with E-state index in [-0.39, 0.29) is 28.3 Å². The number of halogens is 6. The lowest BCUT2D eigenvalue weighted by Gasteiger charge is -2.23. The molecule has 0 saturated heterocycles. The Labute approximate surface area is 219 Å². The van der Waals surface area contributed by atoms with Crippen LogP contribution in [0.4, 0.5) is 26.3 Å². The molecule has 4 rings (SSSR count). The summed E-state index contributed by atoms with van der Waals surface area (Å²) in [6, 6.07) is 9.35. The molecule has 0 aliphatic carbocycles. The zero-order valence-electron chi connectivity index (χ0n) is 20.4. The number of rotatable bonds is 7. The van der Waals surface area contributed by atoms with Crippen molar-refractivity contribution in [3.63, 3.8) is 0 Å². The normalized spacial score (nSPS) is 12.4. The summed E-state index contributed by atoms with van der Waals surface area (Å²) >= 11 is 0. The number of nitrogens with two attached hydrogens (primary N) is 1. The fraction of sp³-hybridized carbons (Fsp3) is 0.192. The minimum Gasteiger partial charge on any atom is -0.433 e. The molecule has 0 spiro atoms. The number of nitrogens with zero attached hydrogens (tertiary/aromatic N) is 2. The van der Waals surface area contributed by atoms with E-state index in [1.165, 1.54) is 41.3 Å². The maximum Gasteiger partial charge on any atom is 0.417 e. The Balaban J connectivity index is 2.25. The highest BCUT2D eigenvalue weighted by molar-refractivity contribution is 7.89. The van der Waals surface area contributed by atoms with E-state index in [9.17, 15) is 34.8 Å². The Morgan fingerprint density at radius 2 is 1.62 bits per heavy atom. The molecule has 4 aromatic rings. The Morgan fingerprint density at radius 3 is 2.18 bits per heavy atom. The lowest BCUT2D eigenvalue weighted by Crippen LogP contribution is -2.18. The van der Waals surface area contributed by atoms with Crippen LogP contribution in [0.3, 0.4) is 0 Å². The number of sulfonamides is 1. The molecule has 0 aliphatic heterocycles. The molecule has 0 unspecified atom stereocenters. The molecule has 2 N–H and O–H groups in total. The molecule has 0 radical (unpaired) electrons. The number of benzene rings is 3. The monoisotopic (exact) mass is 569 g/mol. The lowest BCUT2D eigenvalue weighted by atomic mass is 9.88. The minimum absolute atomic E-state index is 0.00188.